The summed E-state index contributed by atoms with van der Waals surface area (Å²) in [7, 11) is 0. The highest BCUT2D eigenvalue weighted by molar-refractivity contribution is 6.30. The minimum Gasteiger partial charge on any atom is -0.378 e. The summed E-state index contributed by atoms with van der Waals surface area (Å²) in [5.41, 5.74) is 2.09. The number of halogens is 2. The van der Waals surface area contributed by atoms with Crippen molar-refractivity contribution in [2.75, 3.05) is 5.32 Å². The van der Waals surface area contributed by atoms with Gasteiger partial charge in [-0.1, -0.05) is 49.6 Å². The van der Waals surface area contributed by atoms with Gasteiger partial charge >= 0.3 is 0 Å². The summed E-state index contributed by atoms with van der Waals surface area (Å²) in [6.45, 7) is 2.17. The van der Waals surface area contributed by atoms with Crippen LogP contribution >= 0.6 is 11.6 Å². The highest BCUT2D eigenvalue weighted by Crippen LogP contribution is 2.26. The average Bonchev–Trinajstić information content (AvgIpc) is 2.44. The lowest BCUT2D eigenvalue weighted by atomic mass is 10.0. The maximum absolute atomic E-state index is 13.0. The maximum atomic E-state index is 13.0. The molecule has 0 radical (unpaired) electrons. The standard InChI is InChI=1S/C17H19ClFN/c1-2-3-7-17(13-8-10-15(19)11-9-13)20-16-6-4-5-14(18)12-16/h4-6,8-12,17,20H,2-3,7H2,1H3. The van der Waals surface area contributed by atoms with Crippen molar-refractivity contribution in [1.29, 1.82) is 0 Å². The lowest BCUT2D eigenvalue weighted by Crippen LogP contribution is -2.10. The van der Waals surface area contributed by atoms with Gasteiger partial charge in [0.2, 0.25) is 0 Å². The zero-order valence-electron chi connectivity index (χ0n) is 11.6. The Kier molecular flexibility index (Phi) is 5.42. The molecule has 0 saturated carbocycles. The Morgan fingerprint density at radius 2 is 1.90 bits per heavy atom. The van der Waals surface area contributed by atoms with Crippen LogP contribution in [-0.4, -0.2) is 0 Å². The number of benzene rings is 2. The first-order valence-electron chi connectivity index (χ1n) is 6.96. The third kappa shape index (κ3) is 4.24. The molecule has 0 aliphatic carbocycles. The summed E-state index contributed by atoms with van der Waals surface area (Å²) in [6.07, 6.45) is 3.26. The van der Waals surface area contributed by atoms with Crippen LogP contribution in [0.15, 0.2) is 48.5 Å². The zero-order valence-corrected chi connectivity index (χ0v) is 12.3. The van der Waals surface area contributed by atoms with Crippen molar-refractivity contribution in [3.05, 3.63) is 64.9 Å². The fraction of sp³-hybridized carbons (Fsp3) is 0.294. The quantitative estimate of drug-likeness (QED) is 0.707. The first-order valence-corrected chi connectivity index (χ1v) is 7.34. The molecule has 0 heterocycles. The van der Waals surface area contributed by atoms with E-state index in [0.717, 1.165) is 30.5 Å². The molecule has 0 aliphatic rings. The number of unbranched alkanes of at least 4 members (excludes halogenated alkanes) is 1. The van der Waals surface area contributed by atoms with Gasteiger partial charge in [0.15, 0.2) is 0 Å². The third-order valence-corrected chi connectivity index (χ3v) is 3.52. The lowest BCUT2D eigenvalue weighted by Gasteiger charge is -2.20. The van der Waals surface area contributed by atoms with Gasteiger partial charge in [0.25, 0.3) is 0 Å². The summed E-state index contributed by atoms with van der Waals surface area (Å²) in [5, 5.41) is 4.19. The third-order valence-electron chi connectivity index (χ3n) is 3.28. The normalized spacial score (nSPS) is 12.2. The molecule has 1 unspecified atom stereocenters. The molecule has 0 saturated heterocycles. The van der Waals surface area contributed by atoms with Crippen LogP contribution < -0.4 is 5.32 Å². The molecule has 0 bridgehead atoms. The molecule has 106 valence electrons. The van der Waals surface area contributed by atoms with Crippen LogP contribution in [0.3, 0.4) is 0 Å². The van der Waals surface area contributed by atoms with Gasteiger partial charge in [-0.25, -0.2) is 4.39 Å². The summed E-state index contributed by atoms with van der Waals surface area (Å²) in [4.78, 5) is 0. The van der Waals surface area contributed by atoms with E-state index < -0.39 is 0 Å². The van der Waals surface area contributed by atoms with E-state index in [-0.39, 0.29) is 11.9 Å². The van der Waals surface area contributed by atoms with E-state index >= 15 is 0 Å². The van der Waals surface area contributed by atoms with Gasteiger partial charge in [0.1, 0.15) is 5.82 Å². The number of hydrogen-bond donors (Lipinski definition) is 1. The van der Waals surface area contributed by atoms with Crippen molar-refractivity contribution in [2.24, 2.45) is 0 Å². The predicted octanol–water partition coefficient (Wildman–Crippen LogP) is 5.82. The molecule has 20 heavy (non-hydrogen) atoms. The van der Waals surface area contributed by atoms with Gasteiger partial charge in [-0.15, -0.1) is 0 Å². The number of hydrogen-bond acceptors (Lipinski definition) is 1. The van der Waals surface area contributed by atoms with Crippen molar-refractivity contribution in [2.45, 2.75) is 32.2 Å². The van der Waals surface area contributed by atoms with Crippen LogP contribution in [0.1, 0.15) is 37.8 Å². The molecule has 0 fully saturated rings. The van der Waals surface area contributed by atoms with Crippen molar-refractivity contribution in [3.8, 4) is 0 Å². The minimum absolute atomic E-state index is 0.175. The molecule has 0 spiro atoms. The smallest absolute Gasteiger partial charge is 0.123 e. The van der Waals surface area contributed by atoms with E-state index in [1.54, 1.807) is 0 Å². The van der Waals surface area contributed by atoms with E-state index in [9.17, 15) is 4.39 Å². The second kappa shape index (κ2) is 7.30. The lowest BCUT2D eigenvalue weighted by molar-refractivity contribution is 0.616. The summed E-state index contributed by atoms with van der Waals surface area (Å²) < 4.78 is 13.0. The van der Waals surface area contributed by atoms with E-state index in [4.69, 9.17) is 11.6 Å². The second-order valence-corrected chi connectivity index (χ2v) is 5.34. The molecule has 2 aromatic rings. The van der Waals surface area contributed by atoms with Gasteiger partial charge in [-0.3, -0.25) is 0 Å². The van der Waals surface area contributed by atoms with Crippen LogP contribution in [0.4, 0.5) is 10.1 Å². The predicted molar refractivity (Wildman–Crippen MR) is 83.7 cm³/mol. The van der Waals surface area contributed by atoms with Crippen LogP contribution in [0.25, 0.3) is 0 Å². The molecule has 1 atom stereocenters. The fourth-order valence-corrected chi connectivity index (χ4v) is 2.40. The minimum atomic E-state index is -0.203. The second-order valence-electron chi connectivity index (χ2n) is 4.90. The van der Waals surface area contributed by atoms with E-state index in [1.807, 2.05) is 36.4 Å². The summed E-state index contributed by atoms with van der Waals surface area (Å²) in [6, 6.07) is 14.5. The number of anilines is 1. The van der Waals surface area contributed by atoms with Crippen LogP contribution in [0, 0.1) is 5.82 Å². The van der Waals surface area contributed by atoms with E-state index in [1.165, 1.54) is 12.1 Å². The summed E-state index contributed by atoms with van der Waals surface area (Å²) in [5.74, 6) is -0.203. The van der Waals surface area contributed by atoms with Crippen molar-refractivity contribution < 1.29 is 4.39 Å². The largest absolute Gasteiger partial charge is 0.378 e. The van der Waals surface area contributed by atoms with Gasteiger partial charge in [0.05, 0.1) is 6.04 Å². The zero-order chi connectivity index (χ0) is 14.4. The van der Waals surface area contributed by atoms with Gasteiger partial charge in [-0.05, 0) is 42.3 Å². The molecule has 1 N–H and O–H groups in total. The molecule has 0 aromatic heterocycles. The SMILES string of the molecule is CCCCC(Nc1cccc(Cl)c1)c1ccc(F)cc1. The van der Waals surface area contributed by atoms with E-state index in [0.29, 0.717) is 5.02 Å². The first kappa shape index (κ1) is 14.9. The molecule has 2 aromatic carbocycles. The molecule has 1 nitrogen and oxygen atoms in total. The highest BCUT2D eigenvalue weighted by Gasteiger charge is 2.11. The first-order chi connectivity index (χ1) is 9.69. The summed E-state index contributed by atoms with van der Waals surface area (Å²) >= 11 is 6.01. The Labute approximate surface area is 124 Å². The Bertz CT molecular complexity index is 539. The molecule has 3 heteroatoms. The molecular formula is C17H19ClFN. The fourth-order valence-electron chi connectivity index (χ4n) is 2.20. The Balaban J connectivity index is 2.16. The van der Waals surface area contributed by atoms with Gasteiger partial charge < -0.3 is 5.32 Å². The number of rotatable bonds is 6. The maximum Gasteiger partial charge on any atom is 0.123 e. The number of nitrogens with one attached hydrogen (secondary N) is 1. The Hall–Kier alpha value is -1.54. The van der Waals surface area contributed by atoms with Crippen LogP contribution in [0.5, 0.6) is 0 Å². The topological polar surface area (TPSA) is 12.0 Å². The van der Waals surface area contributed by atoms with Crippen LogP contribution in [0.2, 0.25) is 5.02 Å². The molecule has 0 amide bonds. The van der Waals surface area contributed by atoms with Crippen molar-refractivity contribution in [3.63, 3.8) is 0 Å². The average molecular weight is 292 g/mol. The highest BCUT2D eigenvalue weighted by atomic mass is 35.5. The molecule has 2 rings (SSSR count). The monoisotopic (exact) mass is 291 g/mol. The van der Waals surface area contributed by atoms with Crippen LogP contribution in [-0.2, 0) is 0 Å². The Morgan fingerprint density at radius 3 is 2.55 bits per heavy atom. The van der Waals surface area contributed by atoms with Crippen molar-refractivity contribution >= 4 is 17.3 Å². The van der Waals surface area contributed by atoms with E-state index in [2.05, 4.69) is 12.2 Å². The van der Waals surface area contributed by atoms with Crippen molar-refractivity contribution in [1.82, 2.24) is 0 Å². The molecule has 0 aliphatic heterocycles. The molecular weight excluding hydrogens is 273 g/mol. The van der Waals surface area contributed by atoms with Gasteiger partial charge in [-0.2, -0.15) is 0 Å². The Morgan fingerprint density at radius 1 is 1.15 bits per heavy atom. The van der Waals surface area contributed by atoms with Gasteiger partial charge in [0, 0.05) is 10.7 Å².